The monoisotopic (exact) mass is 226 g/mol. The summed E-state index contributed by atoms with van der Waals surface area (Å²) in [6.07, 6.45) is 0.335. The molecule has 1 rings (SSSR count). The zero-order chi connectivity index (χ0) is 12.1. The van der Waals surface area contributed by atoms with E-state index in [1.165, 1.54) is 0 Å². The van der Waals surface area contributed by atoms with E-state index in [2.05, 4.69) is 10.4 Å². The molecule has 1 amide bonds. The Hall–Kier alpha value is -1.56. The van der Waals surface area contributed by atoms with E-state index in [0.29, 0.717) is 19.5 Å². The standard InChI is InChI=1S/C10H18N4O2/c1-7-8(6-12-5-4-9(11)15)10(16-3)14(2)13-7/h12H,4-6H2,1-3H3,(H2,11,15). The summed E-state index contributed by atoms with van der Waals surface area (Å²) < 4.78 is 6.94. The van der Waals surface area contributed by atoms with Crippen LogP contribution in [0, 0.1) is 6.92 Å². The second kappa shape index (κ2) is 5.50. The Kier molecular flexibility index (Phi) is 4.30. The van der Waals surface area contributed by atoms with Gasteiger partial charge in [0, 0.05) is 26.6 Å². The van der Waals surface area contributed by atoms with Gasteiger partial charge in [0.05, 0.1) is 18.4 Å². The molecule has 1 heterocycles. The third-order valence-electron chi connectivity index (χ3n) is 2.33. The van der Waals surface area contributed by atoms with Crippen molar-refractivity contribution in [1.29, 1.82) is 0 Å². The van der Waals surface area contributed by atoms with E-state index < -0.39 is 0 Å². The van der Waals surface area contributed by atoms with Crippen molar-refractivity contribution in [3.05, 3.63) is 11.3 Å². The molecule has 0 saturated carbocycles. The van der Waals surface area contributed by atoms with Gasteiger partial charge in [0.1, 0.15) is 0 Å². The highest BCUT2D eigenvalue weighted by Gasteiger charge is 2.12. The fraction of sp³-hybridized carbons (Fsp3) is 0.600. The molecule has 0 fully saturated rings. The van der Waals surface area contributed by atoms with Crippen LogP contribution in [0.4, 0.5) is 0 Å². The number of primary amides is 1. The molecule has 0 aliphatic rings. The summed E-state index contributed by atoms with van der Waals surface area (Å²) in [5.74, 6) is 0.437. The van der Waals surface area contributed by atoms with Crippen molar-refractivity contribution in [2.45, 2.75) is 19.9 Å². The number of carbonyl (C=O) groups excluding carboxylic acids is 1. The number of nitrogens with zero attached hydrogens (tertiary/aromatic N) is 2. The molecule has 1 aromatic rings. The lowest BCUT2D eigenvalue weighted by Gasteiger charge is -2.05. The predicted octanol–water partition coefficient (Wildman–Crippen LogP) is -0.298. The molecule has 0 aliphatic carbocycles. The van der Waals surface area contributed by atoms with Gasteiger partial charge in [0.15, 0.2) is 0 Å². The Morgan fingerprint density at radius 3 is 2.88 bits per heavy atom. The molecule has 0 aromatic carbocycles. The molecule has 3 N–H and O–H groups in total. The van der Waals surface area contributed by atoms with Crippen molar-refractivity contribution in [2.24, 2.45) is 12.8 Å². The van der Waals surface area contributed by atoms with E-state index in [-0.39, 0.29) is 5.91 Å². The number of ether oxygens (including phenoxy) is 1. The van der Waals surface area contributed by atoms with Crippen molar-refractivity contribution in [1.82, 2.24) is 15.1 Å². The summed E-state index contributed by atoms with van der Waals surface area (Å²) in [6.45, 7) is 3.11. The Bertz CT molecular complexity index is 373. The summed E-state index contributed by atoms with van der Waals surface area (Å²) in [5.41, 5.74) is 6.97. The van der Waals surface area contributed by atoms with Gasteiger partial charge >= 0.3 is 0 Å². The molecule has 0 saturated heterocycles. The molecule has 6 heteroatoms. The quantitative estimate of drug-likeness (QED) is 0.653. The molecule has 0 atom stereocenters. The summed E-state index contributed by atoms with van der Waals surface area (Å²) in [7, 11) is 3.45. The SMILES string of the molecule is COc1c(CNCCC(N)=O)c(C)nn1C. The van der Waals surface area contributed by atoms with Crippen molar-refractivity contribution in [3.8, 4) is 5.88 Å². The summed E-state index contributed by atoms with van der Waals surface area (Å²) in [4.78, 5) is 10.5. The third kappa shape index (κ3) is 2.96. The number of carbonyl (C=O) groups is 1. The first-order valence-electron chi connectivity index (χ1n) is 5.11. The van der Waals surface area contributed by atoms with Crippen LogP contribution >= 0.6 is 0 Å². The fourth-order valence-corrected chi connectivity index (χ4v) is 1.56. The van der Waals surface area contributed by atoms with E-state index in [1.807, 2.05) is 14.0 Å². The van der Waals surface area contributed by atoms with Gasteiger partial charge in [-0.25, -0.2) is 4.68 Å². The van der Waals surface area contributed by atoms with E-state index in [4.69, 9.17) is 10.5 Å². The van der Waals surface area contributed by atoms with Crippen LogP contribution < -0.4 is 15.8 Å². The van der Waals surface area contributed by atoms with Gasteiger partial charge in [-0.05, 0) is 6.92 Å². The highest BCUT2D eigenvalue weighted by atomic mass is 16.5. The summed E-state index contributed by atoms with van der Waals surface area (Å²) in [5, 5.41) is 7.38. The van der Waals surface area contributed by atoms with Crippen LogP contribution in [0.5, 0.6) is 5.88 Å². The van der Waals surface area contributed by atoms with Crippen LogP contribution in [-0.2, 0) is 18.4 Å². The fourth-order valence-electron chi connectivity index (χ4n) is 1.56. The number of nitrogens with one attached hydrogen (secondary N) is 1. The maximum absolute atomic E-state index is 10.5. The first-order chi connectivity index (χ1) is 7.56. The molecular weight excluding hydrogens is 208 g/mol. The van der Waals surface area contributed by atoms with Gasteiger partial charge in [-0.3, -0.25) is 4.79 Å². The molecule has 0 aliphatic heterocycles. The largest absolute Gasteiger partial charge is 0.481 e. The number of methoxy groups -OCH3 is 1. The predicted molar refractivity (Wildman–Crippen MR) is 60.0 cm³/mol. The Morgan fingerprint density at radius 2 is 2.31 bits per heavy atom. The molecule has 0 bridgehead atoms. The molecule has 0 spiro atoms. The van der Waals surface area contributed by atoms with Gasteiger partial charge in [0.2, 0.25) is 11.8 Å². The first-order valence-corrected chi connectivity index (χ1v) is 5.11. The topological polar surface area (TPSA) is 82.2 Å². The minimum atomic E-state index is -0.303. The van der Waals surface area contributed by atoms with Crippen LogP contribution in [0.3, 0.4) is 0 Å². The maximum Gasteiger partial charge on any atom is 0.218 e. The maximum atomic E-state index is 10.5. The highest BCUT2D eigenvalue weighted by Crippen LogP contribution is 2.20. The first kappa shape index (κ1) is 12.5. The molecule has 0 unspecified atom stereocenters. The lowest BCUT2D eigenvalue weighted by Crippen LogP contribution is -2.22. The van der Waals surface area contributed by atoms with Gasteiger partial charge in [-0.15, -0.1) is 0 Å². The highest BCUT2D eigenvalue weighted by molar-refractivity contribution is 5.73. The molecule has 16 heavy (non-hydrogen) atoms. The van der Waals surface area contributed by atoms with Gasteiger partial charge in [-0.1, -0.05) is 0 Å². The van der Waals surface area contributed by atoms with Crippen LogP contribution in [0.2, 0.25) is 0 Å². The number of rotatable bonds is 6. The number of aromatic nitrogens is 2. The lowest BCUT2D eigenvalue weighted by atomic mass is 10.2. The van der Waals surface area contributed by atoms with Crippen LogP contribution in [0.25, 0.3) is 0 Å². The van der Waals surface area contributed by atoms with Crippen molar-refractivity contribution >= 4 is 5.91 Å². The minimum absolute atomic E-state index is 0.303. The minimum Gasteiger partial charge on any atom is -0.481 e. The second-order valence-corrected chi connectivity index (χ2v) is 3.59. The Labute approximate surface area is 94.8 Å². The molecule has 1 aromatic heterocycles. The Balaban J connectivity index is 2.56. The van der Waals surface area contributed by atoms with E-state index in [1.54, 1.807) is 11.8 Å². The van der Waals surface area contributed by atoms with E-state index in [0.717, 1.165) is 17.1 Å². The average Bonchev–Trinajstić information content (AvgIpc) is 2.47. The molecule has 90 valence electrons. The van der Waals surface area contributed by atoms with E-state index in [9.17, 15) is 4.79 Å². The van der Waals surface area contributed by atoms with E-state index >= 15 is 0 Å². The zero-order valence-electron chi connectivity index (χ0n) is 9.91. The zero-order valence-corrected chi connectivity index (χ0v) is 9.91. The normalized spacial score (nSPS) is 10.4. The number of hydrogen-bond acceptors (Lipinski definition) is 4. The number of amides is 1. The molecule has 0 radical (unpaired) electrons. The van der Waals surface area contributed by atoms with Crippen molar-refractivity contribution in [2.75, 3.05) is 13.7 Å². The third-order valence-corrected chi connectivity index (χ3v) is 2.33. The summed E-state index contributed by atoms with van der Waals surface area (Å²) in [6, 6.07) is 0. The average molecular weight is 226 g/mol. The lowest BCUT2D eigenvalue weighted by molar-refractivity contribution is -0.117. The van der Waals surface area contributed by atoms with Crippen LogP contribution in [0.15, 0.2) is 0 Å². The molecular formula is C10H18N4O2. The molecule has 6 nitrogen and oxygen atoms in total. The van der Waals surface area contributed by atoms with Gasteiger partial charge < -0.3 is 15.8 Å². The van der Waals surface area contributed by atoms with Gasteiger partial charge in [-0.2, -0.15) is 5.10 Å². The smallest absolute Gasteiger partial charge is 0.218 e. The van der Waals surface area contributed by atoms with Crippen molar-refractivity contribution < 1.29 is 9.53 Å². The van der Waals surface area contributed by atoms with Crippen molar-refractivity contribution in [3.63, 3.8) is 0 Å². The van der Waals surface area contributed by atoms with Crippen LogP contribution in [-0.4, -0.2) is 29.3 Å². The number of hydrogen-bond donors (Lipinski definition) is 2. The number of aryl methyl sites for hydroxylation is 2. The summed E-state index contributed by atoms with van der Waals surface area (Å²) >= 11 is 0. The van der Waals surface area contributed by atoms with Crippen LogP contribution in [0.1, 0.15) is 17.7 Å². The number of nitrogens with two attached hydrogens (primary N) is 1. The second-order valence-electron chi connectivity index (χ2n) is 3.59. The van der Waals surface area contributed by atoms with Gasteiger partial charge in [0.25, 0.3) is 0 Å². The Morgan fingerprint density at radius 1 is 1.62 bits per heavy atom.